The molecule has 0 unspecified atom stereocenters. The highest BCUT2D eigenvalue weighted by Crippen LogP contribution is 2.22. The van der Waals surface area contributed by atoms with Crippen LogP contribution in [0.25, 0.3) is 0 Å². The molecule has 0 saturated carbocycles. The van der Waals surface area contributed by atoms with Crippen LogP contribution in [0.1, 0.15) is 44.5 Å². The van der Waals surface area contributed by atoms with Crippen LogP contribution in [0.4, 0.5) is 0 Å². The van der Waals surface area contributed by atoms with Crippen LogP contribution in [0.3, 0.4) is 0 Å². The maximum atomic E-state index is 12.7. The first-order valence-corrected chi connectivity index (χ1v) is 8.98. The molecule has 1 aromatic heterocycles. The van der Waals surface area contributed by atoms with E-state index in [-0.39, 0.29) is 30.1 Å². The number of nitrogens with one attached hydrogen (secondary N) is 2. The smallest absolute Gasteiger partial charge is 0.252 e. The summed E-state index contributed by atoms with van der Waals surface area (Å²) in [6.45, 7) is 7.37. The zero-order valence-corrected chi connectivity index (χ0v) is 15.2. The average molecular weight is 352 g/mol. The van der Waals surface area contributed by atoms with Crippen molar-refractivity contribution in [2.75, 3.05) is 6.61 Å². The number of hydrogen-bond donors (Lipinski definition) is 2. The molecule has 24 heavy (non-hydrogen) atoms. The molecule has 1 fully saturated rings. The monoisotopic (exact) mass is 352 g/mol. The number of hydrogen-bond acceptors (Lipinski definition) is 5. The predicted octanol–water partition coefficient (Wildman–Crippen LogP) is 1.76. The van der Waals surface area contributed by atoms with Gasteiger partial charge in [-0.2, -0.15) is 11.3 Å². The number of carbonyl (C=O) groups excluding carboxylic acids is 3. The van der Waals surface area contributed by atoms with Gasteiger partial charge in [0.1, 0.15) is 18.2 Å². The Bertz CT molecular complexity index is 614. The van der Waals surface area contributed by atoms with Gasteiger partial charge in [-0.1, -0.05) is 13.8 Å². The molecule has 0 aliphatic carbocycles. The molecule has 0 bridgehead atoms. The second kappa shape index (κ2) is 7.44. The SMILES string of the molecule is CC(C)C[C@@H](NC(=O)c1ccsc1)C(=O)N[C@@]1(C)C(=O)CO[C@@H]1C. The molecule has 1 aliphatic heterocycles. The van der Waals surface area contributed by atoms with E-state index in [0.29, 0.717) is 12.0 Å². The summed E-state index contributed by atoms with van der Waals surface area (Å²) in [4.78, 5) is 37.0. The van der Waals surface area contributed by atoms with Crippen molar-refractivity contribution in [3.8, 4) is 0 Å². The third-order valence-electron chi connectivity index (χ3n) is 4.35. The zero-order chi connectivity index (χ0) is 17.9. The number of thiophene rings is 1. The standard InChI is InChI=1S/C17H24N2O4S/c1-10(2)7-13(18-15(21)12-5-6-24-9-12)16(22)19-17(4)11(3)23-8-14(17)20/h5-6,9-11,13H,7-8H2,1-4H3,(H,18,21)(H,19,22)/t11-,13-,17-/m1/s1. The van der Waals surface area contributed by atoms with E-state index in [4.69, 9.17) is 4.74 Å². The van der Waals surface area contributed by atoms with Gasteiger partial charge >= 0.3 is 0 Å². The van der Waals surface area contributed by atoms with Crippen LogP contribution in [-0.4, -0.2) is 41.9 Å². The largest absolute Gasteiger partial charge is 0.368 e. The van der Waals surface area contributed by atoms with E-state index in [9.17, 15) is 14.4 Å². The molecular formula is C17H24N2O4S. The van der Waals surface area contributed by atoms with E-state index in [1.54, 1.807) is 25.3 Å². The summed E-state index contributed by atoms with van der Waals surface area (Å²) >= 11 is 1.42. The van der Waals surface area contributed by atoms with E-state index in [0.717, 1.165) is 0 Å². The van der Waals surface area contributed by atoms with Crippen LogP contribution in [0.15, 0.2) is 16.8 Å². The number of ketones is 1. The van der Waals surface area contributed by atoms with E-state index in [1.807, 2.05) is 19.2 Å². The second-order valence-corrected chi connectivity index (χ2v) is 7.52. The molecule has 0 spiro atoms. The summed E-state index contributed by atoms with van der Waals surface area (Å²) in [6, 6.07) is 1.01. The highest BCUT2D eigenvalue weighted by molar-refractivity contribution is 7.08. The number of rotatable bonds is 6. The van der Waals surface area contributed by atoms with Crippen LogP contribution >= 0.6 is 11.3 Å². The highest BCUT2D eigenvalue weighted by Gasteiger charge is 2.47. The Balaban J connectivity index is 2.10. The topological polar surface area (TPSA) is 84.5 Å². The lowest BCUT2D eigenvalue weighted by Crippen LogP contribution is -2.60. The lowest BCUT2D eigenvalue weighted by Gasteiger charge is -2.30. The normalized spacial score (nSPS) is 24.9. The lowest BCUT2D eigenvalue weighted by molar-refractivity contribution is -0.130. The van der Waals surface area contributed by atoms with Crippen LogP contribution < -0.4 is 10.6 Å². The van der Waals surface area contributed by atoms with E-state index in [1.165, 1.54) is 11.3 Å². The summed E-state index contributed by atoms with van der Waals surface area (Å²) < 4.78 is 5.33. The van der Waals surface area contributed by atoms with E-state index >= 15 is 0 Å². The van der Waals surface area contributed by atoms with Crippen molar-refractivity contribution in [1.82, 2.24) is 10.6 Å². The van der Waals surface area contributed by atoms with Crippen molar-refractivity contribution in [1.29, 1.82) is 0 Å². The Morgan fingerprint density at radius 3 is 2.67 bits per heavy atom. The number of carbonyl (C=O) groups is 3. The quantitative estimate of drug-likeness (QED) is 0.817. The first kappa shape index (κ1) is 18.6. The second-order valence-electron chi connectivity index (χ2n) is 6.74. The Morgan fingerprint density at radius 1 is 1.46 bits per heavy atom. The summed E-state index contributed by atoms with van der Waals surface area (Å²) in [5.74, 6) is -0.593. The van der Waals surface area contributed by atoms with Gasteiger partial charge in [0.15, 0.2) is 5.78 Å². The molecule has 6 nitrogen and oxygen atoms in total. The van der Waals surface area contributed by atoms with Gasteiger partial charge in [0.2, 0.25) is 5.91 Å². The van der Waals surface area contributed by atoms with Crippen molar-refractivity contribution in [2.45, 2.75) is 51.8 Å². The summed E-state index contributed by atoms with van der Waals surface area (Å²) in [6.07, 6.45) is 0.0857. The van der Waals surface area contributed by atoms with Gasteiger partial charge in [0.05, 0.1) is 11.7 Å². The molecule has 0 aromatic carbocycles. The van der Waals surface area contributed by atoms with Gasteiger partial charge in [-0.3, -0.25) is 14.4 Å². The minimum atomic E-state index is -1.06. The molecule has 2 rings (SSSR count). The van der Waals surface area contributed by atoms with E-state index in [2.05, 4.69) is 10.6 Å². The van der Waals surface area contributed by atoms with Gasteiger partial charge < -0.3 is 15.4 Å². The minimum Gasteiger partial charge on any atom is -0.368 e. The molecular weight excluding hydrogens is 328 g/mol. The number of Topliss-reactive ketones (excluding diaryl/α,β-unsaturated/α-hetero) is 1. The van der Waals surface area contributed by atoms with Crippen molar-refractivity contribution in [3.05, 3.63) is 22.4 Å². The molecule has 2 N–H and O–H groups in total. The molecule has 1 aromatic rings. The Kier molecular flexibility index (Phi) is 5.77. The molecule has 7 heteroatoms. The third-order valence-corrected chi connectivity index (χ3v) is 5.04. The van der Waals surface area contributed by atoms with Crippen LogP contribution in [0.2, 0.25) is 0 Å². The van der Waals surface area contributed by atoms with Gasteiger partial charge in [0, 0.05) is 5.38 Å². The summed E-state index contributed by atoms with van der Waals surface area (Å²) in [5.41, 5.74) is -0.527. The summed E-state index contributed by atoms with van der Waals surface area (Å²) in [5, 5.41) is 9.10. The fraction of sp³-hybridized carbons (Fsp3) is 0.588. The molecule has 132 valence electrons. The Labute approximate surface area is 146 Å². The predicted molar refractivity (Wildman–Crippen MR) is 92.0 cm³/mol. The third kappa shape index (κ3) is 4.02. The van der Waals surface area contributed by atoms with Gasteiger partial charge in [-0.15, -0.1) is 0 Å². The highest BCUT2D eigenvalue weighted by atomic mass is 32.1. The van der Waals surface area contributed by atoms with Crippen molar-refractivity contribution in [2.24, 2.45) is 5.92 Å². The molecule has 1 aliphatic rings. The zero-order valence-electron chi connectivity index (χ0n) is 14.4. The van der Waals surface area contributed by atoms with Crippen LogP contribution in [0, 0.1) is 5.92 Å². The Hall–Kier alpha value is -1.73. The molecule has 2 heterocycles. The first-order chi connectivity index (χ1) is 11.2. The molecule has 0 radical (unpaired) electrons. The van der Waals surface area contributed by atoms with Crippen LogP contribution in [-0.2, 0) is 14.3 Å². The van der Waals surface area contributed by atoms with Crippen molar-refractivity contribution >= 4 is 28.9 Å². The van der Waals surface area contributed by atoms with Crippen molar-refractivity contribution < 1.29 is 19.1 Å². The van der Waals surface area contributed by atoms with Gasteiger partial charge in [-0.25, -0.2) is 0 Å². The van der Waals surface area contributed by atoms with Crippen LogP contribution in [0.5, 0.6) is 0 Å². The Morgan fingerprint density at radius 2 is 2.17 bits per heavy atom. The van der Waals surface area contributed by atoms with Gasteiger partial charge in [0.25, 0.3) is 5.91 Å². The molecule has 3 atom stereocenters. The molecule has 1 saturated heterocycles. The maximum absolute atomic E-state index is 12.7. The van der Waals surface area contributed by atoms with E-state index < -0.39 is 17.7 Å². The minimum absolute atomic E-state index is 0.00590. The lowest BCUT2D eigenvalue weighted by atomic mass is 9.92. The molecule has 2 amide bonds. The average Bonchev–Trinajstić information content (AvgIpc) is 3.11. The maximum Gasteiger partial charge on any atom is 0.252 e. The fourth-order valence-corrected chi connectivity index (χ4v) is 3.23. The summed E-state index contributed by atoms with van der Waals surface area (Å²) in [7, 11) is 0. The number of ether oxygens (including phenoxy) is 1. The number of amides is 2. The first-order valence-electron chi connectivity index (χ1n) is 8.04. The fourth-order valence-electron chi connectivity index (χ4n) is 2.60. The van der Waals surface area contributed by atoms with Crippen molar-refractivity contribution in [3.63, 3.8) is 0 Å². The van der Waals surface area contributed by atoms with Gasteiger partial charge in [-0.05, 0) is 37.6 Å².